The first-order valence-corrected chi connectivity index (χ1v) is 13.7. The Morgan fingerprint density at radius 1 is 1.14 bits per heavy atom. The molecule has 4 heterocycles. The second kappa shape index (κ2) is 8.14. The van der Waals surface area contributed by atoms with Crippen molar-refractivity contribution < 1.29 is 4.79 Å². The van der Waals surface area contributed by atoms with Crippen molar-refractivity contribution >= 4 is 61.8 Å². The van der Waals surface area contributed by atoms with Crippen LogP contribution in [0.3, 0.4) is 0 Å². The van der Waals surface area contributed by atoms with Gasteiger partial charge in [-0.3, -0.25) is 0 Å². The number of hydrogen-bond donors (Lipinski definition) is 0. The third-order valence-electron chi connectivity index (χ3n) is 5.73. The van der Waals surface area contributed by atoms with Gasteiger partial charge >= 0.3 is 184 Å². The molecule has 148 valence electrons. The average Bonchev–Trinajstić information content (AvgIpc) is 3.41. The number of likely N-dealkylation sites (N-methyl/N-ethyl adjacent to an activating group) is 1. The molecular formula is C20H22N6OSSn. The number of rotatable bonds is 4. The van der Waals surface area contributed by atoms with E-state index in [1.165, 1.54) is 33.7 Å². The summed E-state index contributed by atoms with van der Waals surface area (Å²) in [6.07, 6.45) is 7.01. The Labute approximate surface area is 183 Å². The Bertz CT molecular complexity index is 1050. The van der Waals surface area contributed by atoms with Crippen LogP contribution in [0, 0.1) is 0 Å². The van der Waals surface area contributed by atoms with Crippen molar-refractivity contribution in [2.24, 2.45) is 0 Å². The summed E-state index contributed by atoms with van der Waals surface area (Å²) in [6, 6.07) is 6.21. The molecule has 3 aromatic rings. The van der Waals surface area contributed by atoms with E-state index in [1.807, 2.05) is 13.2 Å². The molecule has 1 saturated heterocycles. The van der Waals surface area contributed by atoms with Crippen molar-refractivity contribution in [1.29, 1.82) is 0 Å². The third-order valence-corrected chi connectivity index (χ3v) is 10.6. The van der Waals surface area contributed by atoms with E-state index in [1.54, 1.807) is 16.2 Å². The SMILES string of the molecule is CN1CCN(c2cnc3cc[c]([Sn][c]4nnc(C5CCCC5)s4)nc3c2)CC1=O. The molecule has 9 heteroatoms. The van der Waals surface area contributed by atoms with Crippen LogP contribution in [0.1, 0.15) is 36.6 Å². The molecule has 0 bridgehead atoms. The second-order valence-electron chi connectivity index (χ2n) is 7.72. The Morgan fingerprint density at radius 2 is 2.00 bits per heavy atom. The minimum atomic E-state index is -1.07. The van der Waals surface area contributed by atoms with Crippen LogP contribution in [0.15, 0.2) is 24.4 Å². The van der Waals surface area contributed by atoms with E-state index in [9.17, 15) is 4.79 Å². The average molecular weight is 513 g/mol. The zero-order valence-corrected chi connectivity index (χ0v) is 20.0. The van der Waals surface area contributed by atoms with Gasteiger partial charge < -0.3 is 0 Å². The topological polar surface area (TPSA) is 75.1 Å². The summed E-state index contributed by atoms with van der Waals surface area (Å²) in [7, 11) is 1.85. The number of anilines is 1. The molecule has 2 radical (unpaired) electrons. The van der Waals surface area contributed by atoms with E-state index in [2.05, 4.69) is 38.3 Å². The van der Waals surface area contributed by atoms with Crippen molar-refractivity contribution in [2.75, 3.05) is 31.6 Å². The molecule has 0 unspecified atom stereocenters. The fourth-order valence-electron chi connectivity index (χ4n) is 3.95. The van der Waals surface area contributed by atoms with Gasteiger partial charge in [-0.15, -0.1) is 0 Å². The number of nitrogens with zero attached hydrogens (tertiary/aromatic N) is 6. The number of piperazine rings is 1. The monoisotopic (exact) mass is 514 g/mol. The number of hydrogen-bond acceptors (Lipinski definition) is 7. The van der Waals surface area contributed by atoms with Gasteiger partial charge in [0.25, 0.3) is 0 Å². The molecule has 0 N–H and O–H groups in total. The Balaban J connectivity index is 1.36. The summed E-state index contributed by atoms with van der Waals surface area (Å²) in [5.74, 6) is 0.768. The molecule has 7 nitrogen and oxygen atoms in total. The number of carbonyl (C=O) groups excluding carboxylic acids is 1. The Morgan fingerprint density at radius 3 is 2.83 bits per heavy atom. The molecule has 1 aliphatic heterocycles. The van der Waals surface area contributed by atoms with Crippen molar-refractivity contribution in [2.45, 2.75) is 31.6 Å². The Kier molecular flexibility index (Phi) is 5.38. The van der Waals surface area contributed by atoms with Crippen LogP contribution in [-0.2, 0) is 4.79 Å². The number of pyridine rings is 2. The molecule has 1 amide bonds. The van der Waals surface area contributed by atoms with Gasteiger partial charge in [-0.25, -0.2) is 0 Å². The van der Waals surface area contributed by atoms with Crippen molar-refractivity contribution in [3.63, 3.8) is 0 Å². The summed E-state index contributed by atoms with van der Waals surface area (Å²) >= 11 is 0.734. The first kappa shape index (κ1) is 19.2. The van der Waals surface area contributed by atoms with Crippen molar-refractivity contribution in [3.8, 4) is 0 Å². The van der Waals surface area contributed by atoms with Gasteiger partial charge in [-0.05, 0) is 0 Å². The molecule has 3 aromatic heterocycles. The maximum absolute atomic E-state index is 12.0. The number of aromatic nitrogens is 4. The van der Waals surface area contributed by atoms with Crippen LogP contribution < -0.4 is 11.6 Å². The normalized spacial score (nSPS) is 18.2. The quantitative estimate of drug-likeness (QED) is 0.487. The fraction of sp³-hybridized carbons (Fsp3) is 0.450. The molecular weight excluding hydrogens is 491 g/mol. The summed E-state index contributed by atoms with van der Waals surface area (Å²) in [6.45, 7) is 1.95. The van der Waals surface area contributed by atoms with Gasteiger partial charge in [0.05, 0.1) is 0 Å². The van der Waals surface area contributed by atoms with E-state index < -0.39 is 21.1 Å². The van der Waals surface area contributed by atoms with Gasteiger partial charge in [0, 0.05) is 0 Å². The van der Waals surface area contributed by atoms with Crippen LogP contribution in [0.4, 0.5) is 5.69 Å². The predicted octanol–water partition coefficient (Wildman–Crippen LogP) is 1.07. The maximum atomic E-state index is 12.0. The summed E-state index contributed by atoms with van der Waals surface area (Å²) in [4.78, 5) is 25.4. The molecule has 0 spiro atoms. The standard InChI is InChI=1S/C13H13N4O.C7H9N2S.Sn/c1-16-5-6-17(9-13(16)18)10-7-12-11(15-8-10)3-2-4-14-12;1-2-4-6(3-1)7-9-8-5-10-7;/h2-3,7-8H,5-6,9H2,1H3;6H,1-4H2;. The van der Waals surface area contributed by atoms with Crippen molar-refractivity contribution in [3.05, 3.63) is 29.4 Å². The van der Waals surface area contributed by atoms with E-state index in [0.29, 0.717) is 12.5 Å². The van der Waals surface area contributed by atoms with Crippen LogP contribution >= 0.6 is 11.3 Å². The molecule has 2 fully saturated rings. The van der Waals surface area contributed by atoms with E-state index in [4.69, 9.17) is 4.98 Å². The first-order valence-electron chi connectivity index (χ1n) is 10.0. The molecule has 1 saturated carbocycles. The van der Waals surface area contributed by atoms with E-state index >= 15 is 0 Å². The third kappa shape index (κ3) is 4.09. The fourth-order valence-corrected chi connectivity index (χ4v) is 8.69. The van der Waals surface area contributed by atoms with Gasteiger partial charge in [-0.1, -0.05) is 0 Å². The first-order chi connectivity index (χ1) is 14.2. The minimum absolute atomic E-state index is 0.140. The number of carbonyl (C=O) groups is 1. The molecule has 5 rings (SSSR count). The van der Waals surface area contributed by atoms with Crippen LogP contribution in [0.5, 0.6) is 0 Å². The number of amides is 1. The molecule has 0 aromatic carbocycles. The molecule has 1 aliphatic carbocycles. The van der Waals surface area contributed by atoms with Crippen molar-refractivity contribution in [1.82, 2.24) is 25.1 Å². The van der Waals surface area contributed by atoms with Gasteiger partial charge in [0.2, 0.25) is 0 Å². The van der Waals surface area contributed by atoms with Crippen LogP contribution in [-0.4, -0.2) is 78.8 Å². The van der Waals surface area contributed by atoms with E-state index in [0.717, 1.165) is 33.5 Å². The second-order valence-corrected chi connectivity index (χ2v) is 13.3. The zero-order chi connectivity index (χ0) is 19.8. The van der Waals surface area contributed by atoms with Gasteiger partial charge in [-0.2, -0.15) is 0 Å². The van der Waals surface area contributed by atoms with Crippen LogP contribution in [0.25, 0.3) is 11.0 Å². The predicted molar refractivity (Wildman–Crippen MR) is 116 cm³/mol. The molecule has 2 aliphatic rings. The molecule has 0 atom stereocenters. The van der Waals surface area contributed by atoms with E-state index in [-0.39, 0.29) is 5.91 Å². The summed E-state index contributed by atoms with van der Waals surface area (Å²) in [5.41, 5.74) is 2.75. The number of fused-ring (bicyclic) bond motifs is 1. The van der Waals surface area contributed by atoms with Gasteiger partial charge in [0.15, 0.2) is 0 Å². The summed E-state index contributed by atoms with van der Waals surface area (Å²) in [5, 5.41) is 10.2. The van der Waals surface area contributed by atoms with Crippen LogP contribution in [0.2, 0.25) is 0 Å². The molecule has 29 heavy (non-hydrogen) atoms. The Hall–Kier alpha value is -1.81. The summed E-state index contributed by atoms with van der Waals surface area (Å²) < 4.78 is 2.33. The zero-order valence-electron chi connectivity index (χ0n) is 16.3. The van der Waals surface area contributed by atoms with Gasteiger partial charge in [0.1, 0.15) is 0 Å².